The van der Waals surface area contributed by atoms with Gasteiger partial charge in [0, 0.05) is 6.07 Å². The fraction of sp³-hybridized carbons (Fsp3) is 0.194. The highest BCUT2D eigenvalue weighted by molar-refractivity contribution is 7.87. The van der Waals surface area contributed by atoms with Crippen molar-refractivity contribution in [1.29, 1.82) is 0 Å². The summed E-state index contributed by atoms with van der Waals surface area (Å²) in [5.74, 6) is -0.200. The third-order valence-corrected chi connectivity index (χ3v) is 9.23. The molecule has 0 aliphatic carbocycles. The molecule has 1 aliphatic heterocycles. The average Bonchev–Trinajstić information content (AvgIpc) is 3.34. The maximum absolute atomic E-state index is 13.9. The molecule has 1 aliphatic rings. The number of esters is 1. The van der Waals surface area contributed by atoms with E-state index in [1.54, 1.807) is 44.2 Å². The number of fused-ring (bicyclic) bond motifs is 1. The van der Waals surface area contributed by atoms with Crippen molar-refractivity contribution in [3.05, 3.63) is 119 Å². The van der Waals surface area contributed by atoms with Crippen LogP contribution in [0.15, 0.2) is 92.7 Å². The quantitative estimate of drug-likeness (QED) is 0.106. The lowest BCUT2D eigenvalue weighted by Crippen LogP contribution is -2.39. The molecule has 238 valence electrons. The van der Waals surface area contributed by atoms with E-state index in [2.05, 4.69) is 4.99 Å². The van der Waals surface area contributed by atoms with Crippen molar-refractivity contribution >= 4 is 39.2 Å². The zero-order valence-electron chi connectivity index (χ0n) is 25.0. The standard InChI is InChI=1S/C31H27N3O10S2/c1-5-43-30(36)27-18(2)32-31-33(28(27)20-11-13-21(41-3)14-12-20)29(35)25(45-31)17-19-10-15-23(24(16-19)42-4)44-46(39,40)26-9-7-6-8-22(26)34(37)38/h6-17,28H,5H2,1-4H3/b25-17-/t28-/m0/s1. The Balaban J connectivity index is 1.57. The molecule has 0 fully saturated rings. The van der Waals surface area contributed by atoms with Gasteiger partial charge in [-0.2, -0.15) is 8.42 Å². The zero-order valence-corrected chi connectivity index (χ0v) is 26.6. The molecule has 1 aromatic heterocycles. The zero-order chi connectivity index (χ0) is 33.2. The van der Waals surface area contributed by atoms with Crippen molar-refractivity contribution in [1.82, 2.24) is 4.57 Å². The number of ether oxygens (including phenoxy) is 3. The van der Waals surface area contributed by atoms with E-state index in [0.717, 1.165) is 23.5 Å². The van der Waals surface area contributed by atoms with Crippen LogP contribution in [-0.2, 0) is 19.6 Å². The molecule has 0 amide bonds. The number of nitrogens with zero attached hydrogens (tertiary/aromatic N) is 3. The number of methoxy groups -OCH3 is 2. The van der Waals surface area contributed by atoms with E-state index in [-0.39, 0.29) is 28.2 Å². The maximum Gasteiger partial charge on any atom is 0.346 e. The molecule has 3 aromatic carbocycles. The number of nitro benzene ring substituents is 1. The van der Waals surface area contributed by atoms with Crippen molar-refractivity contribution in [2.45, 2.75) is 24.8 Å². The molecule has 46 heavy (non-hydrogen) atoms. The number of hydrogen-bond donors (Lipinski definition) is 0. The molecule has 13 nitrogen and oxygen atoms in total. The van der Waals surface area contributed by atoms with Crippen molar-refractivity contribution < 1.29 is 36.5 Å². The maximum atomic E-state index is 13.9. The minimum atomic E-state index is -4.61. The summed E-state index contributed by atoms with van der Waals surface area (Å²) in [6.45, 7) is 3.51. The number of thiazole rings is 1. The van der Waals surface area contributed by atoms with Crippen LogP contribution >= 0.6 is 11.3 Å². The monoisotopic (exact) mass is 665 g/mol. The Morgan fingerprint density at radius 1 is 1.07 bits per heavy atom. The number of nitro groups is 1. The van der Waals surface area contributed by atoms with Gasteiger partial charge >= 0.3 is 16.1 Å². The molecule has 0 radical (unpaired) electrons. The second-order valence-electron chi connectivity index (χ2n) is 9.75. The lowest BCUT2D eigenvalue weighted by atomic mass is 9.96. The molecule has 5 rings (SSSR count). The number of benzene rings is 3. The summed E-state index contributed by atoms with van der Waals surface area (Å²) < 4.78 is 48.8. The van der Waals surface area contributed by atoms with Crippen molar-refractivity contribution in [2.24, 2.45) is 4.99 Å². The van der Waals surface area contributed by atoms with Crippen LogP contribution in [0.4, 0.5) is 5.69 Å². The normalized spacial score (nSPS) is 14.7. The van der Waals surface area contributed by atoms with E-state index >= 15 is 0 Å². The number of aromatic nitrogens is 1. The fourth-order valence-corrected chi connectivity index (χ4v) is 7.02. The van der Waals surface area contributed by atoms with Gasteiger partial charge in [-0.25, -0.2) is 9.79 Å². The van der Waals surface area contributed by atoms with E-state index in [9.17, 15) is 28.1 Å². The Hall–Kier alpha value is -5.28. The molecular formula is C31H27N3O10S2. The Bertz CT molecular complexity index is 2170. The average molecular weight is 666 g/mol. The summed E-state index contributed by atoms with van der Waals surface area (Å²) in [6, 6.07) is 15.3. The number of para-hydroxylation sites is 1. The SMILES string of the molecule is CCOC(=O)C1=C(C)N=c2s/c(=C\c3ccc(OS(=O)(=O)c4ccccc4[N+](=O)[O-])c(OC)c3)c(=O)n2[C@H]1c1ccc(OC)cc1. The second-order valence-corrected chi connectivity index (χ2v) is 12.3. The van der Waals surface area contributed by atoms with Crippen LogP contribution < -0.4 is 28.5 Å². The predicted molar refractivity (Wildman–Crippen MR) is 167 cm³/mol. The topological polar surface area (TPSA) is 166 Å². The lowest BCUT2D eigenvalue weighted by molar-refractivity contribution is -0.387. The first-order chi connectivity index (χ1) is 22.0. The van der Waals surface area contributed by atoms with Gasteiger partial charge in [-0.05, 0) is 61.4 Å². The van der Waals surface area contributed by atoms with Gasteiger partial charge in [0.2, 0.25) is 0 Å². The van der Waals surface area contributed by atoms with Crippen LogP contribution in [0.25, 0.3) is 6.08 Å². The van der Waals surface area contributed by atoms with Gasteiger partial charge in [0.25, 0.3) is 11.2 Å². The molecule has 1 atom stereocenters. The molecular weight excluding hydrogens is 638 g/mol. The van der Waals surface area contributed by atoms with Crippen LogP contribution in [0.2, 0.25) is 0 Å². The van der Waals surface area contributed by atoms with Crippen LogP contribution in [0.1, 0.15) is 31.0 Å². The second kappa shape index (κ2) is 13.0. The highest BCUT2D eigenvalue weighted by atomic mass is 32.2. The summed E-state index contributed by atoms with van der Waals surface area (Å²) in [4.78, 5) is 41.9. The summed E-state index contributed by atoms with van der Waals surface area (Å²) in [5, 5.41) is 11.4. The summed E-state index contributed by atoms with van der Waals surface area (Å²) >= 11 is 1.11. The van der Waals surface area contributed by atoms with Gasteiger partial charge in [-0.1, -0.05) is 41.7 Å². The molecule has 0 saturated carbocycles. The Labute approximate surface area is 266 Å². The summed E-state index contributed by atoms with van der Waals surface area (Å²) in [7, 11) is -1.77. The van der Waals surface area contributed by atoms with Gasteiger partial charge in [0.05, 0.1) is 47.6 Å². The minimum absolute atomic E-state index is 0.000219. The smallest absolute Gasteiger partial charge is 0.346 e. The van der Waals surface area contributed by atoms with E-state index in [4.69, 9.17) is 18.4 Å². The van der Waals surface area contributed by atoms with E-state index in [1.807, 2.05) is 0 Å². The highest BCUT2D eigenvalue weighted by Gasteiger charge is 2.33. The molecule has 15 heteroatoms. The third-order valence-electron chi connectivity index (χ3n) is 6.96. The van der Waals surface area contributed by atoms with Crippen LogP contribution in [0, 0.1) is 10.1 Å². The van der Waals surface area contributed by atoms with Crippen molar-refractivity contribution in [2.75, 3.05) is 20.8 Å². The van der Waals surface area contributed by atoms with Crippen LogP contribution in [0.5, 0.6) is 17.2 Å². The fourth-order valence-electron chi connectivity index (χ4n) is 4.87. The molecule has 2 heterocycles. The largest absolute Gasteiger partial charge is 0.497 e. The molecule has 0 unspecified atom stereocenters. The summed E-state index contributed by atoms with van der Waals surface area (Å²) in [5.41, 5.74) is 0.692. The summed E-state index contributed by atoms with van der Waals surface area (Å²) in [6.07, 6.45) is 1.57. The lowest BCUT2D eigenvalue weighted by Gasteiger charge is -2.24. The third kappa shape index (κ3) is 6.14. The van der Waals surface area contributed by atoms with Gasteiger partial charge < -0.3 is 18.4 Å². The van der Waals surface area contributed by atoms with Gasteiger partial charge in [-0.3, -0.25) is 19.5 Å². The Morgan fingerprint density at radius 3 is 2.43 bits per heavy atom. The number of carbonyl (C=O) groups excluding carboxylic acids is 1. The highest BCUT2D eigenvalue weighted by Crippen LogP contribution is 2.34. The van der Waals surface area contributed by atoms with E-state index in [0.29, 0.717) is 27.4 Å². The Kier molecular flexibility index (Phi) is 9.07. The van der Waals surface area contributed by atoms with Gasteiger partial charge in [0.1, 0.15) is 5.75 Å². The molecule has 0 N–H and O–H groups in total. The first-order valence-electron chi connectivity index (χ1n) is 13.7. The van der Waals surface area contributed by atoms with E-state index < -0.39 is 43.2 Å². The number of rotatable bonds is 10. The first kappa shape index (κ1) is 32.1. The number of carbonyl (C=O) groups is 1. The van der Waals surface area contributed by atoms with Crippen molar-refractivity contribution in [3.8, 4) is 17.2 Å². The predicted octanol–water partition coefficient (Wildman–Crippen LogP) is 3.49. The molecule has 0 bridgehead atoms. The Morgan fingerprint density at radius 2 is 1.78 bits per heavy atom. The first-order valence-corrected chi connectivity index (χ1v) is 15.9. The van der Waals surface area contributed by atoms with Gasteiger partial charge in [-0.15, -0.1) is 0 Å². The van der Waals surface area contributed by atoms with E-state index in [1.165, 1.54) is 49.1 Å². The molecule has 4 aromatic rings. The van der Waals surface area contributed by atoms with Crippen LogP contribution in [0.3, 0.4) is 0 Å². The molecule has 0 spiro atoms. The van der Waals surface area contributed by atoms with Crippen LogP contribution in [-0.4, -0.2) is 44.7 Å². The number of allylic oxidation sites excluding steroid dienone is 1. The van der Waals surface area contributed by atoms with Crippen molar-refractivity contribution in [3.63, 3.8) is 0 Å². The molecule has 0 saturated heterocycles. The minimum Gasteiger partial charge on any atom is -0.497 e. The number of hydrogen-bond acceptors (Lipinski definition) is 12. The van der Waals surface area contributed by atoms with Gasteiger partial charge in [0.15, 0.2) is 21.2 Å².